The Labute approximate surface area is 183 Å². The lowest BCUT2D eigenvalue weighted by atomic mass is 9.94. The molecule has 1 aliphatic carbocycles. The molecule has 1 saturated carbocycles. The van der Waals surface area contributed by atoms with Crippen molar-refractivity contribution in [2.24, 2.45) is 5.92 Å². The molecule has 0 amide bonds. The van der Waals surface area contributed by atoms with Crippen LogP contribution < -0.4 is 4.72 Å². The highest BCUT2D eigenvalue weighted by atomic mass is 32.2. The molecule has 0 heterocycles. The molecule has 1 aliphatic rings. The van der Waals surface area contributed by atoms with E-state index in [4.69, 9.17) is 0 Å². The molecule has 12 heteroatoms. The van der Waals surface area contributed by atoms with E-state index in [1.165, 1.54) is 6.92 Å². The fourth-order valence-corrected chi connectivity index (χ4v) is 6.55. The van der Waals surface area contributed by atoms with Crippen LogP contribution in [0.15, 0.2) is 18.2 Å². The second-order valence-corrected chi connectivity index (χ2v) is 13.1. The first-order valence-electron chi connectivity index (χ1n) is 9.47. The number of benzene rings is 1. The minimum atomic E-state index is -4.54. The van der Waals surface area contributed by atoms with E-state index in [0.717, 1.165) is 18.2 Å². The number of halogens is 2. The Morgan fingerprint density at radius 2 is 1.90 bits per heavy atom. The smallest absolute Gasteiger partial charge is 0.269 e. The number of nitro benzene ring substituents is 1. The van der Waals surface area contributed by atoms with Gasteiger partial charge in [-0.25, -0.2) is 17.2 Å². The minimum absolute atomic E-state index is 0.361. The summed E-state index contributed by atoms with van der Waals surface area (Å²) < 4.78 is 67.5. The second kappa shape index (κ2) is 8.61. The van der Waals surface area contributed by atoms with Gasteiger partial charge in [-0.05, 0) is 52.5 Å². The van der Waals surface area contributed by atoms with Crippen LogP contribution in [0.25, 0.3) is 0 Å². The number of alkyl halides is 1. The number of sulfone groups is 1. The molecule has 0 radical (unpaired) electrons. The van der Waals surface area contributed by atoms with Crippen LogP contribution >= 0.6 is 0 Å². The first-order chi connectivity index (χ1) is 14.1. The molecule has 31 heavy (non-hydrogen) atoms. The number of nitro groups is 1. The van der Waals surface area contributed by atoms with Crippen LogP contribution in [0.3, 0.4) is 0 Å². The van der Waals surface area contributed by atoms with Crippen molar-refractivity contribution in [1.29, 1.82) is 5.26 Å². The molecule has 8 nitrogen and oxygen atoms in total. The first kappa shape index (κ1) is 25.5. The van der Waals surface area contributed by atoms with Crippen molar-refractivity contribution >= 4 is 26.9 Å². The Bertz CT molecular complexity index is 1000. The lowest BCUT2D eigenvalue weighted by Gasteiger charge is -2.36. The second-order valence-electron chi connectivity index (χ2n) is 8.90. The average molecular weight is 478 g/mol. The highest BCUT2D eigenvalue weighted by molar-refractivity contribution is 7.93. The Hall–Kier alpha value is -1.81. The Balaban J connectivity index is 2.65. The van der Waals surface area contributed by atoms with Gasteiger partial charge in [-0.3, -0.25) is 10.1 Å². The van der Waals surface area contributed by atoms with Gasteiger partial charge in [-0.2, -0.15) is 5.26 Å². The van der Waals surface area contributed by atoms with E-state index >= 15 is 0 Å². The molecular weight excluding hydrogens is 452 g/mol. The topological polar surface area (TPSA) is 136 Å². The third kappa shape index (κ3) is 5.00. The van der Waals surface area contributed by atoms with Crippen molar-refractivity contribution in [1.82, 2.24) is 4.72 Å². The van der Waals surface area contributed by atoms with Crippen LogP contribution in [-0.2, 0) is 26.7 Å². The third-order valence-electron chi connectivity index (χ3n) is 5.29. The molecule has 0 aromatic heterocycles. The maximum absolute atomic E-state index is 14.8. The van der Waals surface area contributed by atoms with Gasteiger partial charge in [0.15, 0.2) is 14.6 Å². The summed E-state index contributed by atoms with van der Waals surface area (Å²) in [6, 6.07) is 4.19. The van der Waals surface area contributed by atoms with Crippen LogP contribution in [0, 0.1) is 33.2 Å². The fourth-order valence-electron chi connectivity index (χ4n) is 3.26. The van der Waals surface area contributed by atoms with Crippen molar-refractivity contribution in [3.8, 4) is 6.07 Å². The van der Waals surface area contributed by atoms with Gasteiger partial charge in [-0.1, -0.05) is 0 Å². The van der Waals surface area contributed by atoms with Gasteiger partial charge in [0.25, 0.3) is 5.69 Å². The SMILES string of the molecule is CC(C)(C)[S@@+]([O-])N[C@@](C)(CS(=O)(=O)C(C#N)(CF)C1CC1)c1cc([N+](=O)[O-])ccc1F. The summed E-state index contributed by atoms with van der Waals surface area (Å²) in [6.07, 6.45) is 0.722. The molecule has 0 aliphatic heterocycles. The number of nitrogens with zero attached hydrogens (tertiary/aromatic N) is 2. The zero-order valence-electron chi connectivity index (χ0n) is 17.6. The largest absolute Gasteiger partial charge is 0.598 e. The predicted molar refractivity (Wildman–Crippen MR) is 112 cm³/mol. The monoisotopic (exact) mass is 477 g/mol. The number of nitriles is 1. The summed E-state index contributed by atoms with van der Waals surface area (Å²) in [5.74, 6) is -2.63. The fraction of sp³-hybridized carbons (Fsp3) is 0.632. The van der Waals surface area contributed by atoms with Crippen molar-refractivity contribution in [2.75, 3.05) is 12.4 Å². The van der Waals surface area contributed by atoms with Crippen LogP contribution in [0.2, 0.25) is 0 Å². The number of rotatable bonds is 9. The van der Waals surface area contributed by atoms with E-state index < -0.39 is 76.6 Å². The predicted octanol–water partition coefficient (Wildman–Crippen LogP) is 3.06. The van der Waals surface area contributed by atoms with E-state index in [1.54, 1.807) is 26.8 Å². The zero-order chi connectivity index (χ0) is 23.8. The van der Waals surface area contributed by atoms with Gasteiger partial charge in [-0.15, -0.1) is 4.72 Å². The minimum Gasteiger partial charge on any atom is -0.598 e. The zero-order valence-corrected chi connectivity index (χ0v) is 19.3. The Kier molecular flexibility index (Phi) is 7.07. The van der Waals surface area contributed by atoms with E-state index in [0.29, 0.717) is 12.8 Å². The Morgan fingerprint density at radius 1 is 1.32 bits per heavy atom. The molecule has 0 saturated heterocycles. The van der Waals surface area contributed by atoms with Gasteiger partial charge in [0.05, 0.1) is 16.7 Å². The lowest BCUT2D eigenvalue weighted by molar-refractivity contribution is -0.385. The standard InChI is InChI=1S/C19H25F2N3O5S2/c1-17(2,3)30(27)23-18(4,15-9-14(24(25)26)7-8-16(15)21)12-31(28,29)19(10-20,11-22)13-5-6-13/h7-9,13,23H,5-6,10,12H2,1-4H3/t18-,19?,30+/m0/s1. The quantitative estimate of drug-likeness (QED) is 0.328. The third-order valence-corrected chi connectivity index (χ3v) is 9.64. The Morgan fingerprint density at radius 3 is 2.32 bits per heavy atom. The summed E-state index contributed by atoms with van der Waals surface area (Å²) in [4.78, 5) is 10.4. The van der Waals surface area contributed by atoms with E-state index in [9.17, 15) is 37.1 Å². The highest BCUT2D eigenvalue weighted by Gasteiger charge is 2.58. The van der Waals surface area contributed by atoms with Crippen molar-refractivity contribution < 1.29 is 26.7 Å². The molecule has 1 unspecified atom stereocenters. The first-order valence-corrected chi connectivity index (χ1v) is 12.3. The molecule has 2 rings (SSSR count). The van der Waals surface area contributed by atoms with Crippen molar-refractivity contribution in [3.05, 3.63) is 39.7 Å². The van der Waals surface area contributed by atoms with E-state index in [-0.39, 0.29) is 0 Å². The van der Waals surface area contributed by atoms with Gasteiger partial charge in [0, 0.05) is 29.1 Å². The molecule has 3 atom stereocenters. The number of hydrogen-bond donors (Lipinski definition) is 1. The summed E-state index contributed by atoms with van der Waals surface area (Å²) in [5.41, 5.74) is -2.86. The average Bonchev–Trinajstić information content (AvgIpc) is 3.47. The molecular formula is C19H25F2N3O5S2. The van der Waals surface area contributed by atoms with Crippen LogP contribution in [0.4, 0.5) is 14.5 Å². The molecule has 1 aromatic rings. The summed E-state index contributed by atoms with van der Waals surface area (Å²) in [7, 11) is -4.54. The summed E-state index contributed by atoms with van der Waals surface area (Å²) >= 11 is -1.92. The number of non-ortho nitro benzene ring substituents is 1. The molecule has 1 N–H and O–H groups in total. The van der Waals surface area contributed by atoms with E-state index in [2.05, 4.69) is 4.72 Å². The molecule has 0 spiro atoms. The molecule has 172 valence electrons. The number of nitrogens with one attached hydrogen (secondary N) is 1. The van der Waals surface area contributed by atoms with Crippen molar-refractivity contribution in [3.63, 3.8) is 0 Å². The van der Waals surface area contributed by atoms with E-state index in [1.807, 2.05) is 0 Å². The lowest BCUT2D eigenvalue weighted by Crippen LogP contribution is -2.56. The normalized spacial score (nSPS) is 19.7. The van der Waals surface area contributed by atoms with Gasteiger partial charge in [0.2, 0.25) is 0 Å². The van der Waals surface area contributed by atoms with Crippen LogP contribution in [-0.4, -0.2) is 39.8 Å². The maximum Gasteiger partial charge on any atom is 0.269 e. The summed E-state index contributed by atoms with van der Waals surface area (Å²) in [5, 5.41) is 20.8. The molecule has 1 fully saturated rings. The maximum atomic E-state index is 14.8. The van der Waals surface area contributed by atoms with Crippen LogP contribution in [0.1, 0.15) is 46.1 Å². The summed E-state index contributed by atoms with van der Waals surface area (Å²) in [6.45, 7) is 4.58. The highest BCUT2D eigenvalue weighted by Crippen LogP contribution is 2.46. The molecule has 1 aromatic carbocycles. The van der Waals surface area contributed by atoms with Crippen LogP contribution in [0.5, 0.6) is 0 Å². The van der Waals surface area contributed by atoms with Gasteiger partial charge >= 0.3 is 0 Å². The van der Waals surface area contributed by atoms with Gasteiger partial charge < -0.3 is 4.55 Å². The molecule has 0 bridgehead atoms. The van der Waals surface area contributed by atoms with Gasteiger partial charge in [0.1, 0.15) is 22.8 Å². The number of hydrogen-bond acceptors (Lipinski definition) is 7. The van der Waals surface area contributed by atoms with Crippen molar-refractivity contribution in [2.45, 2.75) is 55.6 Å².